The Morgan fingerprint density at radius 1 is 1.32 bits per heavy atom. The Bertz CT molecular complexity index is 915. The first-order chi connectivity index (χ1) is 13.4. The summed E-state index contributed by atoms with van der Waals surface area (Å²) in [5.41, 5.74) is 5.76. The Morgan fingerprint density at radius 3 is 2.89 bits per heavy atom. The van der Waals surface area contributed by atoms with Crippen molar-refractivity contribution in [3.8, 4) is 0 Å². The van der Waals surface area contributed by atoms with Crippen LogP contribution in [-0.2, 0) is 4.74 Å². The Morgan fingerprint density at radius 2 is 2.14 bits per heavy atom. The number of furan rings is 1. The third-order valence-corrected chi connectivity index (χ3v) is 5.44. The molecule has 150 valence electrons. The fraction of sp³-hybridized carbons (Fsp3) is 0.474. The molecule has 0 unspecified atom stereocenters. The lowest BCUT2D eigenvalue weighted by Crippen LogP contribution is -2.50. The molecule has 2 aliphatic rings. The van der Waals surface area contributed by atoms with E-state index in [4.69, 9.17) is 14.9 Å². The molecule has 2 aliphatic heterocycles. The topological polar surface area (TPSA) is 101 Å². The summed E-state index contributed by atoms with van der Waals surface area (Å²) < 4.78 is 24.6. The molecule has 3 amide bonds. The van der Waals surface area contributed by atoms with Gasteiger partial charge in [-0.15, -0.1) is 0 Å². The van der Waals surface area contributed by atoms with Crippen molar-refractivity contribution in [2.24, 2.45) is 5.73 Å². The van der Waals surface area contributed by atoms with Crippen molar-refractivity contribution < 1.29 is 23.1 Å². The predicted molar refractivity (Wildman–Crippen MR) is 101 cm³/mol. The molecule has 2 fully saturated rings. The van der Waals surface area contributed by atoms with E-state index in [0.717, 1.165) is 13.0 Å². The summed E-state index contributed by atoms with van der Waals surface area (Å²) in [5.74, 6) is -1.51. The van der Waals surface area contributed by atoms with Gasteiger partial charge in [-0.05, 0) is 31.5 Å². The summed E-state index contributed by atoms with van der Waals surface area (Å²) in [6, 6.07) is 4.04. The van der Waals surface area contributed by atoms with Gasteiger partial charge in [0.2, 0.25) is 5.76 Å². The van der Waals surface area contributed by atoms with E-state index in [2.05, 4.69) is 17.1 Å². The molecule has 0 radical (unpaired) electrons. The standard InChI is InChI=1S/C19H23FN4O4/c1-11-10-27-7-6-24(11)13-4-5-23(9-13)19(26)22-16-14-8-12(20)2-3-15(14)28-17(16)18(21)25/h2-3,8,11,13H,4-7,9-10H2,1H3,(H2,21,25)(H,22,26)/t11-,13+/m0/s1. The Balaban J connectivity index is 1.52. The molecule has 2 aromatic rings. The van der Waals surface area contributed by atoms with Crippen LogP contribution in [0.15, 0.2) is 22.6 Å². The Kier molecular flexibility index (Phi) is 4.94. The molecule has 0 aliphatic carbocycles. The maximum atomic E-state index is 13.7. The van der Waals surface area contributed by atoms with Crippen LogP contribution in [-0.4, -0.2) is 66.7 Å². The summed E-state index contributed by atoms with van der Waals surface area (Å²) in [6.45, 7) is 5.52. The SMILES string of the molecule is C[C@H]1COCCN1[C@@H]1CCN(C(=O)Nc2c(C(N)=O)oc3ccc(F)cc23)C1. The van der Waals surface area contributed by atoms with Gasteiger partial charge in [-0.3, -0.25) is 9.69 Å². The van der Waals surface area contributed by atoms with Crippen molar-refractivity contribution in [2.45, 2.75) is 25.4 Å². The highest BCUT2D eigenvalue weighted by atomic mass is 19.1. The lowest BCUT2D eigenvalue weighted by atomic mass is 10.1. The monoisotopic (exact) mass is 390 g/mol. The number of primary amides is 1. The largest absolute Gasteiger partial charge is 0.449 e. The van der Waals surface area contributed by atoms with E-state index in [1.54, 1.807) is 4.90 Å². The Labute approximate surface area is 161 Å². The lowest BCUT2D eigenvalue weighted by molar-refractivity contribution is -0.0192. The lowest BCUT2D eigenvalue weighted by Gasteiger charge is -2.37. The molecule has 0 spiro atoms. The van der Waals surface area contributed by atoms with Crippen LogP contribution in [0.3, 0.4) is 0 Å². The number of benzene rings is 1. The van der Waals surface area contributed by atoms with Crippen molar-refractivity contribution >= 4 is 28.6 Å². The zero-order valence-electron chi connectivity index (χ0n) is 15.6. The number of hydrogen-bond donors (Lipinski definition) is 2. The van der Waals surface area contributed by atoms with Gasteiger partial charge >= 0.3 is 6.03 Å². The molecule has 8 nitrogen and oxygen atoms in total. The molecule has 4 rings (SSSR count). The number of halogens is 1. The summed E-state index contributed by atoms with van der Waals surface area (Å²) in [6.07, 6.45) is 0.862. The van der Waals surface area contributed by atoms with Gasteiger partial charge in [0.1, 0.15) is 17.1 Å². The van der Waals surface area contributed by atoms with Gasteiger partial charge in [0.05, 0.1) is 13.2 Å². The minimum atomic E-state index is -0.826. The molecule has 3 heterocycles. The first kappa shape index (κ1) is 18.7. The average molecular weight is 390 g/mol. The molecular formula is C19H23FN4O4. The van der Waals surface area contributed by atoms with Gasteiger partial charge in [-0.1, -0.05) is 0 Å². The number of ether oxygens (including phenoxy) is 1. The van der Waals surface area contributed by atoms with Gasteiger partial charge in [0.15, 0.2) is 0 Å². The van der Waals surface area contributed by atoms with Crippen molar-refractivity contribution in [3.05, 3.63) is 29.8 Å². The van der Waals surface area contributed by atoms with E-state index in [9.17, 15) is 14.0 Å². The number of amides is 3. The first-order valence-electron chi connectivity index (χ1n) is 9.35. The second-order valence-electron chi connectivity index (χ2n) is 7.29. The number of nitrogens with two attached hydrogens (primary N) is 1. The van der Waals surface area contributed by atoms with Crippen molar-refractivity contribution in [3.63, 3.8) is 0 Å². The number of likely N-dealkylation sites (tertiary alicyclic amines) is 1. The smallest absolute Gasteiger partial charge is 0.322 e. The summed E-state index contributed by atoms with van der Waals surface area (Å²) >= 11 is 0. The van der Waals surface area contributed by atoms with E-state index in [1.165, 1.54) is 18.2 Å². The van der Waals surface area contributed by atoms with Crippen LogP contribution in [0, 0.1) is 5.82 Å². The molecule has 1 aromatic carbocycles. The fourth-order valence-electron chi connectivity index (χ4n) is 4.03. The van der Waals surface area contributed by atoms with Gasteiger partial charge in [-0.2, -0.15) is 0 Å². The number of carbonyl (C=O) groups excluding carboxylic acids is 2. The second-order valence-corrected chi connectivity index (χ2v) is 7.29. The van der Waals surface area contributed by atoms with Crippen molar-refractivity contribution in [1.82, 2.24) is 9.80 Å². The van der Waals surface area contributed by atoms with Crippen LogP contribution in [0.5, 0.6) is 0 Å². The third-order valence-electron chi connectivity index (χ3n) is 5.44. The van der Waals surface area contributed by atoms with Crippen LogP contribution in [0.1, 0.15) is 23.9 Å². The summed E-state index contributed by atoms with van der Waals surface area (Å²) in [4.78, 5) is 28.6. The molecular weight excluding hydrogens is 367 g/mol. The zero-order chi connectivity index (χ0) is 19.8. The minimum absolute atomic E-state index is 0.107. The molecule has 3 N–H and O–H groups in total. The quantitative estimate of drug-likeness (QED) is 0.835. The number of nitrogens with zero attached hydrogens (tertiary/aromatic N) is 2. The fourth-order valence-corrected chi connectivity index (χ4v) is 4.03. The second kappa shape index (κ2) is 7.40. The van der Waals surface area contributed by atoms with E-state index in [1.807, 2.05) is 0 Å². The van der Waals surface area contributed by atoms with E-state index < -0.39 is 11.7 Å². The number of urea groups is 1. The van der Waals surface area contributed by atoms with E-state index >= 15 is 0 Å². The van der Waals surface area contributed by atoms with Gasteiger partial charge in [0, 0.05) is 37.1 Å². The third kappa shape index (κ3) is 3.43. The molecule has 28 heavy (non-hydrogen) atoms. The molecule has 0 bridgehead atoms. The highest BCUT2D eigenvalue weighted by Gasteiger charge is 2.34. The predicted octanol–water partition coefficient (Wildman–Crippen LogP) is 2.00. The number of rotatable bonds is 3. The highest BCUT2D eigenvalue weighted by molar-refractivity contribution is 6.10. The number of hydrogen-bond acceptors (Lipinski definition) is 5. The maximum absolute atomic E-state index is 13.7. The van der Waals surface area contributed by atoms with E-state index in [-0.39, 0.29) is 29.1 Å². The van der Waals surface area contributed by atoms with E-state index in [0.29, 0.717) is 37.7 Å². The number of anilines is 1. The van der Waals surface area contributed by atoms with Gasteiger partial charge in [-0.25, -0.2) is 9.18 Å². The zero-order valence-corrected chi connectivity index (χ0v) is 15.6. The molecule has 2 saturated heterocycles. The highest BCUT2D eigenvalue weighted by Crippen LogP contribution is 2.32. The molecule has 9 heteroatoms. The van der Waals surface area contributed by atoms with Crippen LogP contribution in [0.25, 0.3) is 11.0 Å². The van der Waals surface area contributed by atoms with Crippen molar-refractivity contribution in [1.29, 1.82) is 0 Å². The number of morpholine rings is 1. The minimum Gasteiger partial charge on any atom is -0.449 e. The van der Waals surface area contributed by atoms with Gasteiger partial charge < -0.3 is 25.1 Å². The molecule has 1 aromatic heterocycles. The average Bonchev–Trinajstić information content (AvgIpc) is 3.28. The number of carbonyl (C=O) groups is 2. The van der Waals surface area contributed by atoms with Crippen LogP contribution < -0.4 is 11.1 Å². The van der Waals surface area contributed by atoms with Crippen LogP contribution >= 0.6 is 0 Å². The molecule has 0 saturated carbocycles. The number of nitrogens with one attached hydrogen (secondary N) is 1. The Hall–Kier alpha value is -2.65. The number of fused-ring (bicyclic) bond motifs is 1. The molecule has 2 atom stereocenters. The van der Waals surface area contributed by atoms with Gasteiger partial charge in [0.25, 0.3) is 5.91 Å². The summed E-state index contributed by atoms with van der Waals surface area (Å²) in [7, 11) is 0. The first-order valence-corrected chi connectivity index (χ1v) is 9.35. The normalized spacial score (nSPS) is 23.3. The maximum Gasteiger partial charge on any atom is 0.322 e. The van der Waals surface area contributed by atoms with Crippen LogP contribution in [0.2, 0.25) is 0 Å². The van der Waals surface area contributed by atoms with Crippen LogP contribution in [0.4, 0.5) is 14.9 Å². The summed E-state index contributed by atoms with van der Waals surface area (Å²) in [5, 5.41) is 3.01. The van der Waals surface area contributed by atoms with Crippen molar-refractivity contribution in [2.75, 3.05) is 38.2 Å².